The summed E-state index contributed by atoms with van der Waals surface area (Å²) in [5.41, 5.74) is 0. The summed E-state index contributed by atoms with van der Waals surface area (Å²) in [7, 11) is 0. The van der Waals surface area contributed by atoms with Crippen molar-refractivity contribution in [2.24, 2.45) is 0 Å². The smallest absolute Gasteiger partial charge is 0.306 e. The van der Waals surface area contributed by atoms with E-state index in [9.17, 15) is 19.8 Å². The second-order valence-corrected chi connectivity index (χ2v) is 18.6. The zero-order chi connectivity index (χ0) is 47.4. The molecule has 0 saturated carbocycles. The molecule has 0 aromatic rings. The van der Waals surface area contributed by atoms with Crippen LogP contribution in [0.3, 0.4) is 0 Å². The van der Waals surface area contributed by atoms with Crippen LogP contribution in [0.2, 0.25) is 0 Å². The Labute approximate surface area is 402 Å². The van der Waals surface area contributed by atoms with Gasteiger partial charge in [0.05, 0.1) is 25.2 Å². The molecule has 0 heterocycles. The van der Waals surface area contributed by atoms with Crippen molar-refractivity contribution in [3.63, 3.8) is 0 Å². The first-order valence-electron chi connectivity index (χ1n) is 27.7. The van der Waals surface area contributed by atoms with E-state index in [0.29, 0.717) is 19.3 Å². The number of aliphatic hydroxyl groups is 2. The van der Waals surface area contributed by atoms with Crippen LogP contribution in [0, 0.1) is 0 Å². The van der Waals surface area contributed by atoms with Gasteiger partial charge in [-0.2, -0.15) is 0 Å². The molecule has 0 aromatic heterocycles. The Morgan fingerprint density at radius 1 is 0.477 bits per heavy atom. The Bertz CT molecular complexity index is 1200. The summed E-state index contributed by atoms with van der Waals surface area (Å²) in [6.07, 6.45) is 66.8. The van der Waals surface area contributed by atoms with Gasteiger partial charge in [0.15, 0.2) is 0 Å². The van der Waals surface area contributed by atoms with Gasteiger partial charge in [0, 0.05) is 6.42 Å². The highest BCUT2D eigenvalue weighted by atomic mass is 16.5. The number of hydrogen-bond acceptors (Lipinski definition) is 5. The van der Waals surface area contributed by atoms with E-state index < -0.39 is 18.2 Å². The van der Waals surface area contributed by atoms with Gasteiger partial charge in [0.1, 0.15) is 6.10 Å². The van der Waals surface area contributed by atoms with Crippen LogP contribution in [0.15, 0.2) is 72.9 Å². The average molecular weight is 908 g/mol. The van der Waals surface area contributed by atoms with Crippen molar-refractivity contribution in [1.29, 1.82) is 0 Å². The van der Waals surface area contributed by atoms with E-state index in [1.54, 1.807) is 0 Å². The molecule has 3 atom stereocenters. The Morgan fingerprint density at radius 2 is 0.892 bits per heavy atom. The summed E-state index contributed by atoms with van der Waals surface area (Å²) in [5.74, 6) is -0.544. The van der Waals surface area contributed by atoms with Crippen LogP contribution in [0.25, 0.3) is 0 Å². The van der Waals surface area contributed by atoms with E-state index in [2.05, 4.69) is 99.0 Å². The first-order valence-corrected chi connectivity index (χ1v) is 27.7. The van der Waals surface area contributed by atoms with Crippen LogP contribution in [-0.4, -0.2) is 46.9 Å². The summed E-state index contributed by atoms with van der Waals surface area (Å²) in [6.45, 7) is 6.36. The summed E-state index contributed by atoms with van der Waals surface area (Å²) in [4.78, 5) is 26.2. The van der Waals surface area contributed by atoms with Crippen LogP contribution in [0.4, 0.5) is 0 Å². The van der Waals surface area contributed by atoms with Gasteiger partial charge >= 0.3 is 5.97 Å². The molecule has 3 N–H and O–H groups in total. The second kappa shape index (κ2) is 52.3. The minimum Gasteiger partial charge on any atom is -0.462 e. The number of allylic oxidation sites excluding steroid dienone is 12. The number of esters is 1. The molecule has 3 unspecified atom stereocenters. The summed E-state index contributed by atoms with van der Waals surface area (Å²) in [6, 6.07) is -0.725. The van der Waals surface area contributed by atoms with Crippen molar-refractivity contribution in [3.8, 4) is 0 Å². The minimum atomic E-state index is -0.808. The quantitative estimate of drug-likeness (QED) is 0.0245. The van der Waals surface area contributed by atoms with Crippen molar-refractivity contribution < 1.29 is 24.5 Å². The van der Waals surface area contributed by atoms with Crippen molar-refractivity contribution in [2.45, 2.75) is 283 Å². The highest BCUT2D eigenvalue weighted by Gasteiger charge is 2.24. The number of amides is 1. The standard InChI is InChI=1S/C59H105NO5/c1-4-7-10-13-16-19-22-25-28-29-30-31-34-37-40-43-46-49-52-59(64)65-55(50-47-44-41-38-35-32-26-23-20-17-14-11-8-5-2)53-58(63)60-56(54-61)57(62)51-48-45-42-39-36-33-27-24-21-18-15-12-9-6-3/h8,11,17,20,26,28-32,38,41,55-57,61-62H,4-7,9-10,12-16,18-19,21-25,27,33-37,39-40,42-54H2,1-3H3,(H,60,63)/b11-8+,20-17+,29-28+,31-30+,32-26+,41-38+. The molecule has 6 heteroatoms. The predicted molar refractivity (Wildman–Crippen MR) is 282 cm³/mol. The molecule has 0 aromatic carbocycles. The number of aliphatic hydroxyl groups excluding tert-OH is 2. The van der Waals surface area contributed by atoms with E-state index in [1.165, 1.54) is 122 Å². The Balaban J connectivity index is 4.65. The molecule has 0 fully saturated rings. The lowest BCUT2D eigenvalue weighted by Crippen LogP contribution is -2.46. The molecule has 0 aliphatic heterocycles. The van der Waals surface area contributed by atoms with Crippen molar-refractivity contribution in [2.75, 3.05) is 6.61 Å². The van der Waals surface area contributed by atoms with E-state index >= 15 is 0 Å². The first kappa shape index (κ1) is 62.3. The van der Waals surface area contributed by atoms with Crippen molar-refractivity contribution >= 4 is 11.9 Å². The molecule has 1 amide bonds. The molecule has 0 aliphatic rings. The summed E-state index contributed by atoms with van der Waals surface area (Å²) < 4.78 is 5.91. The van der Waals surface area contributed by atoms with Gasteiger partial charge in [-0.1, -0.05) is 241 Å². The maximum atomic E-state index is 13.2. The molecule has 0 aliphatic carbocycles. The largest absolute Gasteiger partial charge is 0.462 e. The molecular formula is C59H105NO5. The minimum absolute atomic E-state index is 0.0316. The van der Waals surface area contributed by atoms with Crippen LogP contribution < -0.4 is 5.32 Å². The van der Waals surface area contributed by atoms with Gasteiger partial charge < -0.3 is 20.3 Å². The highest BCUT2D eigenvalue weighted by Crippen LogP contribution is 2.17. The lowest BCUT2D eigenvalue weighted by Gasteiger charge is -2.24. The van der Waals surface area contributed by atoms with Gasteiger partial charge in [0.25, 0.3) is 0 Å². The molecule has 0 spiro atoms. The molecular weight excluding hydrogens is 803 g/mol. The zero-order valence-corrected chi connectivity index (χ0v) is 42.9. The van der Waals surface area contributed by atoms with E-state index in [0.717, 1.165) is 96.3 Å². The van der Waals surface area contributed by atoms with Crippen molar-refractivity contribution in [1.82, 2.24) is 5.32 Å². The number of carbonyl (C=O) groups is 2. The van der Waals surface area contributed by atoms with Gasteiger partial charge in [-0.15, -0.1) is 0 Å². The lowest BCUT2D eigenvalue weighted by molar-refractivity contribution is -0.151. The Hall–Kier alpha value is -2.70. The number of unbranched alkanes of at least 4 members (excludes halogenated alkanes) is 26. The fourth-order valence-corrected chi connectivity index (χ4v) is 8.12. The predicted octanol–water partition coefficient (Wildman–Crippen LogP) is 17.0. The normalized spacial score (nSPS) is 13.7. The third-order valence-electron chi connectivity index (χ3n) is 12.3. The topological polar surface area (TPSA) is 95.9 Å². The van der Waals surface area contributed by atoms with Crippen LogP contribution >= 0.6 is 0 Å². The molecule has 0 bridgehead atoms. The third-order valence-corrected chi connectivity index (χ3v) is 12.3. The lowest BCUT2D eigenvalue weighted by atomic mass is 10.0. The zero-order valence-electron chi connectivity index (χ0n) is 42.9. The second-order valence-electron chi connectivity index (χ2n) is 18.6. The molecule has 6 nitrogen and oxygen atoms in total. The van der Waals surface area contributed by atoms with Gasteiger partial charge in [-0.3, -0.25) is 9.59 Å². The SMILES string of the molecule is CC/C=C/C/C=C/C/C=C/C/C=C/CCCC(CC(=O)NC(CO)C(O)CCCCCCCCCCCCCCCC)OC(=O)CCCCCCC/C=C/C=C/CCCCCCCCC. The van der Waals surface area contributed by atoms with Crippen LogP contribution in [0.5, 0.6) is 0 Å². The monoisotopic (exact) mass is 908 g/mol. The molecule has 0 saturated heterocycles. The number of hydrogen-bond donors (Lipinski definition) is 3. The third kappa shape index (κ3) is 47.6. The van der Waals surface area contributed by atoms with Gasteiger partial charge in [0.2, 0.25) is 5.91 Å². The Morgan fingerprint density at radius 3 is 1.37 bits per heavy atom. The summed E-state index contributed by atoms with van der Waals surface area (Å²) in [5, 5.41) is 23.8. The maximum absolute atomic E-state index is 13.2. The maximum Gasteiger partial charge on any atom is 0.306 e. The number of rotatable bonds is 49. The summed E-state index contributed by atoms with van der Waals surface area (Å²) >= 11 is 0. The number of ether oxygens (including phenoxy) is 1. The fraction of sp³-hybridized carbons (Fsp3) is 0.763. The first-order chi connectivity index (χ1) is 32.0. The van der Waals surface area contributed by atoms with E-state index in [-0.39, 0.29) is 24.9 Å². The van der Waals surface area contributed by atoms with Gasteiger partial charge in [-0.25, -0.2) is 0 Å². The molecule has 376 valence electrons. The molecule has 0 rings (SSSR count). The number of nitrogens with one attached hydrogen (secondary N) is 1. The van der Waals surface area contributed by atoms with Crippen molar-refractivity contribution in [3.05, 3.63) is 72.9 Å². The molecule has 65 heavy (non-hydrogen) atoms. The van der Waals surface area contributed by atoms with Crippen LogP contribution in [0.1, 0.15) is 265 Å². The van der Waals surface area contributed by atoms with E-state index in [4.69, 9.17) is 4.74 Å². The number of carbonyl (C=O) groups excluding carboxylic acids is 2. The fourth-order valence-electron chi connectivity index (χ4n) is 8.12. The van der Waals surface area contributed by atoms with Crippen LogP contribution in [-0.2, 0) is 14.3 Å². The Kier molecular flexibility index (Phi) is 50.1. The average Bonchev–Trinajstić information content (AvgIpc) is 3.30. The van der Waals surface area contributed by atoms with Gasteiger partial charge in [-0.05, 0) is 83.5 Å². The molecule has 0 radical (unpaired) electrons. The highest BCUT2D eigenvalue weighted by molar-refractivity contribution is 5.77. The van der Waals surface area contributed by atoms with E-state index in [1.807, 2.05) is 0 Å².